The summed E-state index contributed by atoms with van der Waals surface area (Å²) in [5, 5.41) is 2.61. The fourth-order valence-corrected chi connectivity index (χ4v) is 3.00. The van der Waals surface area contributed by atoms with Crippen molar-refractivity contribution in [2.24, 2.45) is 0 Å². The molecule has 3 rings (SSSR count). The largest absolute Gasteiger partial charge is 0.445 e. The molecule has 0 saturated carbocycles. The van der Waals surface area contributed by atoms with Crippen LogP contribution in [-0.2, 0) is 20.9 Å². The third-order valence-corrected chi connectivity index (χ3v) is 4.47. The van der Waals surface area contributed by atoms with Crippen LogP contribution in [0.15, 0.2) is 60.7 Å². The molecule has 1 fully saturated rings. The van der Waals surface area contributed by atoms with Crippen molar-refractivity contribution in [2.45, 2.75) is 25.7 Å². The fourth-order valence-electron chi connectivity index (χ4n) is 3.00. The highest BCUT2D eigenvalue weighted by Crippen LogP contribution is 2.22. The third kappa shape index (κ3) is 5.31. The zero-order valence-electron chi connectivity index (χ0n) is 15.3. The van der Waals surface area contributed by atoms with Crippen molar-refractivity contribution in [1.82, 2.24) is 10.2 Å². The second-order valence-electron chi connectivity index (χ2n) is 6.48. The lowest BCUT2D eigenvalue weighted by Gasteiger charge is -2.34. The van der Waals surface area contributed by atoms with Gasteiger partial charge in [0.15, 0.2) is 0 Å². The Hall–Kier alpha value is -2.86. The summed E-state index contributed by atoms with van der Waals surface area (Å²) in [4.78, 5) is 26.4. The van der Waals surface area contributed by atoms with Gasteiger partial charge in [-0.1, -0.05) is 60.7 Å². The van der Waals surface area contributed by atoms with Gasteiger partial charge in [-0.2, -0.15) is 0 Å². The number of morpholine rings is 1. The minimum absolute atomic E-state index is 0.143. The van der Waals surface area contributed by atoms with Crippen LogP contribution in [0.5, 0.6) is 0 Å². The maximum Gasteiger partial charge on any atom is 0.408 e. The number of carbonyl (C=O) groups is 2. The minimum Gasteiger partial charge on any atom is -0.445 e. The first-order chi connectivity index (χ1) is 13.1. The Balaban J connectivity index is 1.49. The van der Waals surface area contributed by atoms with Crippen LogP contribution in [0.4, 0.5) is 4.79 Å². The summed E-state index contributed by atoms with van der Waals surface area (Å²) in [7, 11) is 0. The molecule has 0 aromatic heterocycles. The molecule has 27 heavy (non-hydrogen) atoms. The van der Waals surface area contributed by atoms with Gasteiger partial charge in [0.2, 0.25) is 5.91 Å². The highest BCUT2D eigenvalue weighted by Gasteiger charge is 2.29. The van der Waals surface area contributed by atoms with Gasteiger partial charge in [-0.3, -0.25) is 4.79 Å². The zero-order chi connectivity index (χ0) is 19.1. The predicted molar refractivity (Wildman–Crippen MR) is 101 cm³/mol. The fraction of sp³-hybridized carbons (Fsp3) is 0.333. The summed E-state index contributed by atoms with van der Waals surface area (Å²) >= 11 is 0. The van der Waals surface area contributed by atoms with Gasteiger partial charge >= 0.3 is 6.09 Å². The van der Waals surface area contributed by atoms with Gasteiger partial charge in [-0.05, 0) is 18.1 Å². The monoisotopic (exact) mass is 368 g/mol. The first-order valence-corrected chi connectivity index (χ1v) is 9.06. The summed E-state index contributed by atoms with van der Waals surface area (Å²) in [5.41, 5.74) is 1.93. The van der Waals surface area contributed by atoms with Crippen LogP contribution in [0.25, 0.3) is 0 Å². The maximum atomic E-state index is 12.7. The van der Waals surface area contributed by atoms with Crippen molar-refractivity contribution in [3.05, 3.63) is 71.8 Å². The normalized spacial score (nSPS) is 17.8. The molecule has 0 aliphatic carbocycles. The molecule has 1 unspecified atom stereocenters. The van der Waals surface area contributed by atoms with E-state index in [0.717, 1.165) is 11.1 Å². The Kier molecular flexibility index (Phi) is 6.44. The minimum atomic E-state index is -0.664. The molecule has 2 aromatic carbocycles. The van der Waals surface area contributed by atoms with E-state index in [0.29, 0.717) is 19.7 Å². The van der Waals surface area contributed by atoms with E-state index >= 15 is 0 Å². The third-order valence-electron chi connectivity index (χ3n) is 4.47. The molecular formula is C21H24N2O4. The molecule has 1 saturated heterocycles. The molecule has 0 radical (unpaired) electrons. The van der Waals surface area contributed by atoms with Gasteiger partial charge in [0.1, 0.15) is 18.8 Å². The lowest BCUT2D eigenvalue weighted by Crippen LogP contribution is -2.51. The van der Waals surface area contributed by atoms with Gasteiger partial charge in [0.25, 0.3) is 0 Å². The first-order valence-electron chi connectivity index (χ1n) is 9.06. The van der Waals surface area contributed by atoms with Gasteiger partial charge in [-0.15, -0.1) is 0 Å². The van der Waals surface area contributed by atoms with Gasteiger partial charge in [0.05, 0.1) is 13.2 Å². The van der Waals surface area contributed by atoms with Crippen molar-refractivity contribution in [1.29, 1.82) is 0 Å². The predicted octanol–water partition coefficient (Wildman–Crippen LogP) is 2.90. The Morgan fingerprint density at radius 2 is 1.81 bits per heavy atom. The lowest BCUT2D eigenvalue weighted by atomic mass is 10.1. The average molecular weight is 368 g/mol. The summed E-state index contributed by atoms with van der Waals surface area (Å²) in [5.74, 6) is -0.143. The topological polar surface area (TPSA) is 67.9 Å². The number of hydrogen-bond acceptors (Lipinski definition) is 4. The number of nitrogens with one attached hydrogen (secondary N) is 1. The smallest absolute Gasteiger partial charge is 0.408 e. The molecule has 1 heterocycles. The number of benzene rings is 2. The lowest BCUT2D eigenvalue weighted by molar-refractivity contribution is -0.140. The number of rotatable bonds is 5. The molecule has 0 spiro atoms. The second kappa shape index (κ2) is 9.19. The van der Waals surface area contributed by atoms with E-state index < -0.39 is 12.1 Å². The molecule has 0 bridgehead atoms. The van der Waals surface area contributed by atoms with Crippen molar-refractivity contribution in [3.8, 4) is 0 Å². The van der Waals surface area contributed by atoms with E-state index in [9.17, 15) is 9.59 Å². The number of nitrogens with zero attached hydrogens (tertiary/aromatic N) is 1. The molecular weight excluding hydrogens is 344 g/mol. The first kappa shape index (κ1) is 18.9. The van der Waals surface area contributed by atoms with E-state index in [4.69, 9.17) is 9.47 Å². The number of carbonyl (C=O) groups excluding carboxylic acids is 2. The second-order valence-corrected chi connectivity index (χ2v) is 6.48. The number of alkyl carbamates (subject to hydrolysis) is 1. The quantitative estimate of drug-likeness (QED) is 0.881. The molecule has 142 valence electrons. The highest BCUT2D eigenvalue weighted by atomic mass is 16.5. The summed E-state index contributed by atoms with van der Waals surface area (Å²) in [6, 6.07) is 18.6. The molecule has 1 N–H and O–H groups in total. The van der Waals surface area contributed by atoms with Crippen LogP contribution in [0, 0.1) is 0 Å². The molecule has 2 amide bonds. The maximum absolute atomic E-state index is 12.7. The van der Waals surface area contributed by atoms with Crippen molar-refractivity contribution < 1.29 is 19.1 Å². The molecule has 1 aliphatic heterocycles. The van der Waals surface area contributed by atoms with Crippen LogP contribution in [0.3, 0.4) is 0 Å². The SMILES string of the molecule is C[C@H](NC(=O)OCc1ccccc1)C(=O)N1CCOC(c2ccccc2)C1. The standard InChI is InChI=1S/C21H24N2O4/c1-16(22-21(25)27-15-17-8-4-2-5-9-17)20(24)23-12-13-26-19(14-23)18-10-6-3-7-11-18/h2-11,16,19H,12-15H2,1H3,(H,22,25)/t16-,19?/m0/s1. The van der Waals surface area contributed by atoms with Gasteiger partial charge in [-0.25, -0.2) is 4.79 Å². The van der Waals surface area contributed by atoms with Gasteiger partial charge < -0.3 is 19.7 Å². The Bertz CT molecular complexity index is 751. The van der Waals surface area contributed by atoms with Gasteiger partial charge in [0, 0.05) is 6.54 Å². The molecule has 1 aliphatic rings. The van der Waals surface area contributed by atoms with E-state index in [2.05, 4.69) is 5.32 Å². The van der Waals surface area contributed by atoms with E-state index in [-0.39, 0.29) is 18.6 Å². The Labute approximate surface area is 159 Å². The summed E-state index contributed by atoms with van der Waals surface area (Å²) in [6.45, 7) is 3.28. The van der Waals surface area contributed by atoms with E-state index in [1.54, 1.807) is 11.8 Å². The highest BCUT2D eigenvalue weighted by molar-refractivity contribution is 5.85. The van der Waals surface area contributed by atoms with Crippen LogP contribution in [0.2, 0.25) is 0 Å². The number of amides is 2. The zero-order valence-corrected chi connectivity index (χ0v) is 15.3. The Morgan fingerprint density at radius 3 is 2.52 bits per heavy atom. The van der Waals surface area contributed by atoms with Crippen LogP contribution < -0.4 is 5.32 Å². The van der Waals surface area contributed by atoms with Crippen LogP contribution >= 0.6 is 0 Å². The molecule has 6 heteroatoms. The molecule has 2 aromatic rings. The van der Waals surface area contributed by atoms with Crippen LogP contribution in [-0.4, -0.2) is 42.6 Å². The van der Waals surface area contributed by atoms with Crippen molar-refractivity contribution in [2.75, 3.05) is 19.7 Å². The van der Waals surface area contributed by atoms with Crippen molar-refractivity contribution in [3.63, 3.8) is 0 Å². The average Bonchev–Trinajstić information content (AvgIpc) is 2.73. The Morgan fingerprint density at radius 1 is 1.15 bits per heavy atom. The summed E-state index contributed by atoms with van der Waals surface area (Å²) in [6.07, 6.45) is -0.756. The van der Waals surface area contributed by atoms with Crippen LogP contribution in [0.1, 0.15) is 24.2 Å². The molecule has 2 atom stereocenters. The van der Waals surface area contributed by atoms with E-state index in [1.807, 2.05) is 60.7 Å². The molecule has 6 nitrogen and oxygen atoms in total. The summed E-state index contributed by atoms with van der Waals surface area (Å²) < 4.78 is 11.0. The number of ether oxygens (including phenoxy) is 2. The number of hydrogen-bond donors (Lipinski definition) is 1. The van der Waals surface area contributed by atoms with Crippen molar-refractivity contribution >= 4 is 12.0 Å². The van der Waals surface area contributed by atoms with E-state index in [1.165, 1.54) is 0 Å².